The van der Waals surface area contributed by atoms with E-state index in [9.17, 15) is 17.2 Å². The van der Waals surface area contributed by atoms with E-state index in [4.69, 9.17) is 0 Å². The highest BCUT2D eigenvalue weighted by molar-refractivity contribution is 7.90. The number of allylic oxidation sites excluding steroid dienone is 2. The molecule has 2 nitrogen and oxygen atoms in total. The standard InChI is InChI=1S/C18H16F2O2S/c1-23(21,22)14-8-5-12(6-9-14)15-3-2-4-16(15)13-7-10-17(19)18(20)11-13/h5-11H,2-4H2,1H3. The minimum Gasteiger partial charge on any atom is -0.224 e. The van der Waals surface area contributed by atoms with Crippen LogP contribution in [0.15, 0.2) is 47.4 Å². The van der Waals surface area contributed by atoms with Gasteiger partial charge in [-0.1, -0.05) is 18.2 Å². The number of hydrogen-bond acceptors (Lipinski definition) is 2. The van der Waals surface area contributed by atoms with Crippen molar-refractivity contribution in [2.24, 2.45) is 0 Å². The van der Waals surface area contributed by atoms with Crippen molar-refractivity contribution in [3.05, 3.63) is 65.2 Å². The summed E-state index contributed by atoms with van der Waals surface area (Å²) in [5.74, 6) is -1.71. The molecule has 0 unspecified atom stereocenters. The number of sulfone groups is 1. The summed E-state index contributed by atoms with van der Waals surface area (Å²) in [4.78, 5) is 0.272. The quantitative estimate of drug-likeness (QED) is 0.830. The molecule has 0 atom stereocenters. The lowest BCUT2D eigenvalue weighted by atomic mass is 9.97. The molecule has 3 rings (SSSR count). The Balaban J connectivity index is 2.04. The lowest BCUT2D eigenvalue weighted by Gasteiger charge is -2.09. The molecule has 0 fully saturated rings. The number of hydrogen-bond donors (Lipinski definition) is 0. The zero-order valence-electron chi connectivity index (χ0n) is 12.6. The number of rotatable bonds is 3. The topological polar surface area (TPSA) is 34.1 Å². The minimum absolute atomic E-state index is 0.272. The molecule has 0 heterocycles. The molecule has 1 aliphatic carbocycles. The highest BCUT2D eigenvalue weighted by atomic mass is 32.2. The Bertz CT molecular complexity index is 882. The lowest BCUT2D eigenvalue weighted by Crippen LogP contribution is -1.97. The third kappa shape index (κ3) is 3.20. The van der Waals surface area contributed by atoms with Gasteiger partial charge in [0.2, 0.25) is 0 Å². The van der Waals surface area contributed by atoms with Gasteiger partial charge in [-0.2, -0.15) is 0 Å². The summed E-state index contributed by atoms with van der Waals surface area (Å²) in [6, 6.07) is 10.7. The maximum Gasteiger partial charge on any atom is 0.175 e. The van der Waals surface area contributed by atoms with Crippen LogP contribution in [0, 0.1) is 11.6 Å². The summed E-state index contributed by atoms with van der Waals surface area (Å²) in [6.07, 6.45) is 3.75. The fourth-order valence-electron chi connectivity index (χ4n) is 2.97. The highest BCUT2D eigenvalue weighted by Gasteiger charge is 2.19. The van der Waals surface area contributed by atoms with E-state index in [2.05, 4.69) is 0 Å². The van der Waals surface area contributed by atoms with E-state index in [-0.39, 0.29) is 4.90 Å². The first-order valence-corrected chi connectivity index (χ1v) is 9.23. The van der Waals surface area contributed by atoms with Gasteiger partial charge in [0.15, 0.2) is 21.5 Å². The molecule has 0 spiro atoms. The Labute approximate surface area is 134 Å². The van der Waals surface area contributed by atoms with Crippen LogP contribution in [-0.2, 0) is 9.84 Å². The molecule has 23 heavy (non-hydrogen) atoms. The van der Waals surface area contributed by atoms with E-state index in [0.29, 0.717) is 5.56 Å². The fraction of sp³-hybridized carbons (Fsp3) is 0.222. The highest BCUT2D eigenvalue weighted by Crippen LogP contribution is 2.40. The van der Waals surface area contributed by atoms with E-state index in [1.54, 1.807) is 30.3 Å². The Morgan fingerprint density at radius 1 is 0.826 bits per heavy atom. The second-order valence-corrected chi connectivity index (χ2v) is 7.75. The van der Waals surface area contributed by atoms with E-state index in [1.165, 1.54) is 12.3 Å². The van der Waals surface area contributed by atoms with Crippen molar-refractivity contribution in [1.82, 2.24) is 0 Å². The van der Waals surface area contributed by atoms with Gasteiger partial charge in [0.25, 0.3) is 0 Å². The van der Waals surface area contributed by atoms with Crippen molar-refractivity contribution in [1.29, 1.82) is 0 Å². The summed E-state index contributed by atoms with van der Waals surface area (Å²) < 4.78 is 49.7. The normalized spacial score (nSPS) is 15.3. The predicted molar refractivity (Wildman–Crippen MR) is 86.6 cm³/mol. The second-order valence-electron chi connectivity index (χ2n) is 5.74. The van der Waals surface area contributed by atoms with Gasteiger partial charge in [0, 0.05) is 6.26 Å². The largest absolute Gasteiger partial charge is 0.224 e. The van der Waals surface area contributed by atoms with Crippen LogP contribution in [0.5, 0.6) is 0 Å². The van der Waals surface area contributed by atoms with Gasteiger partial charge in [0.1, 0.15) is 0 Å². The maximum atomic E-state index is 13.5. The average molecular weight is 334 g/mol. The summed E-state index contributed by atoms with van der Waals surface area (Å²) in [5, 5.41) is 0. The molecule has 0 saturated heterocycles. The Morgan fingerprint density at radius 2 is 1.39 bits per heavy atom. The van der Waals surface area contributed by atoms with Crippen LogP contribution in [0.2, 0.25) is 0 Å². The molecule has 0 aliphatic heterocycles. The van der Waals surface area contributed by atoms with Gasteiger partial charge in [-0.3, -0.25) is 0 Å². The number of halogens is 2. The molecule has 0 bridgehead atoms. The van der Waals surface area contributed by atoms with Crippen molar-refractivity contribution >= 4 is 21.0 Å². The zero-order chi connectivity index (χ0) is 16.6. The smallest absolute Gasteiger partial charge is 0.175 e. The molecule has 0 aromatic heterocycles. The van der Waals surface area contributed by atoms with Crippen molar-refractivity contribution < 1.29 is 17.2 Å². The molecule has 5 heteroatoms. The van der Waals surface area contributed by atoms with Crippen LogP contribution >= 0.6 is 0 Å². The van der Waals surface area contributed by atoms with E-state index >= 15 is 0 Å². The number of benzene rings is 2. The van der Waals surface area contributed by atoms with Crippen LogP contribution in [0.1, 0.15) is 30.4 Å². The van der Waals surface area contributed by atoms with E-state index in [1.807, 2.05) is 0 Å². The van der Waals surface area contributed by atoms with Crippen LogP contribution in [0.3, 0.4) is 0 Å². The van der Waals surface area contributed by atoms with Gasteiger partial charge in [0.05, 0.1) is 4.90 Å². The van der Waals surface area contributed by atoms with Gasteiger partial charge >= 0.3 is 0 Å². The minimum atomic E-state index is -3.23. The first kappa shape index (κ1) is 15.9. The summed E-state index contributed by atoms with van der Waals surface area (Å²) >= 11 is 0. The molecule has 0 radical (unpaired) electrons. The van der Waals surface area contributed by atoms with Crippen LogP contribution in [-0.4, -0.2) is 14.7 Å². The molecule has 2 aromatic carbocycles. The second kappa shape index (κ2) is 5.89. The van der Waals surface area contributed by atoms with Crippen molar-refractivity contribution in [2.45, 2.75) is 24.2 Å². The predicted octanol–water partition coefficient (Wildman–Crippen LogP) is 4.46. The molecular weight excluding hydrogens is 318 g/mol. The molecule has 1 aliphatic rings. The molecule has 0 N–H and O–H groups in total. The summed E-state index contributed by atoms with van der Waals surface area (Å²) in [5.41, 5.74) is 3.67. The zero-order valence-corrected chi connectivity index (χ0v) is 13.5. The lowest BCUT2D eigenvalue weighted by molar-refractivity contribution is 0.508. The first-order valence-electron chi connectivity index (χ1n) is 7.34. The van der Waals surface area contributed by atoms with Crippen LogP contribution < -0.4 is 0 Å². The molecule has 120 valence electrons. The van der Waals surface area contributed by atoms with Gasteiger partial charge in [-0.15, -0.1) is 0 Å². The monoisotopic (exact) mass is 334 g/mol. The van der Waals surface area contributed by atoms with Crippen molar-refractivity contribution in [3.8, 4) is 0 Å². The Kier molecular flexibility index (Phi) is 4.06. The van der Waals surface area contributed by atoms with E-state index < -0.39 is 21.5 Å². The molecule has 0 amide bonds. The Hall–Kier alpha value is -2.01. The van der Waals surface area contributed by atoms with Gasteiger partial charge < -0.3 is 0 Å². The van der Waals surface area contributed by atoms with Crippen LogP contribution in [0.25, 0.3) is 11.1 Å². The van der Waals surface area contributed by atoms with Gasteiger partial charge in [-0.05, 0) is 65.8 Å². The van der Waals surface area contributed by atoms with E-state index in [0.717, 1.165) is 42.0 Å². The molecule has 0 saturated carbocycles. The molecule has 2 aromatic rings. The average Bonchev–Trinajstić information content (AvgIpc) is 2.99. The SMILES string of the molecule is CS(=O)(=O)c1ccc(C2=C(c3ccc(F)c(F)c3)CCC2)cc1. The van der Waals surface area contributed by atoms with Crippen molar-refractivity contribution in [2.75, 3.05) is 6.26 Å². The maximum absolute atomic E-state index is 13.5. The fourth-order valence-corrected chi connectivity index (χ4v) is 3.60. The van der Waals surface area contributed by atoms with Crippen molar-refractivity contribution in [3.63, 3.8) is 0 Å². The first-order chi connectivity index (χ1) is 10.9. The molecular formula is C18H16F2O2S. The van der Waals surface area contributed by atoms with Gasteiger partial charge in [-0.25, -0.2) is 17.2 Å². The third-order valence-corrected chi connectivity index (χ3v) is 5.25. The summed E-state index contributed by atoms with van der Waals surface area (Å²) in [7, 11) is -3.23. The Morgan fingerprint density at radius 3 is 1.96 bits per heavy atom. The third-order valence-electron chi connectivity index (χ3n) is 4.12. The van der Waals surface area contributed by atoms with Crippen LogP contribution in [0.4, 0.5) is 8.78 Å². The summed E-state index contributed by atoms with van der Waals surface area (Å²) in [6.45, 7) is 0.